The molecule has 1 aliphatic heterocycles. The Morgan fingerprint density at radius 1 is 1.43 bits per heavy atom. The molecule has 5 heteroatoms. The van der Waals surface area contributed by atoms with E-state index in [1.54, 1.807) is 0 Å². The van der Waals surface area contributed by atoms with E-state index in [1.165, 1.54) is 17.9 Å². The number of carbonyl (C=O) groups excluding carboxylic acids is 1. The minimum Gasteiger partial charge on any atom is -0.445 e. The number of nitrogens with zero attached hydrogens (tertiary/aromatic N) is 1. The molecule has 1 aliphatic carbocycles. The van der Waals surface area contributed by atoms with Gasteiger partial charge in [-0.25, -0.2) is 15.2 Å². The van der Waals surface area contributed by atoms with Crippen LogP contribution >= 0.6 is 0 Å². The Morgan fingerprint density at radius 2 is 2.21 bits per heavy atom. The van der Waals surface area contributed by atoms with Gasteiger partial charge in [0.2, 0.25) is 0 Å². The van der Waals surface area contributed by atoms with Crippen molar-refractivity contribution in [3.05, 3.63) is 0 Å². The first-order valence-corrected chi connectivity index (χ1v) is 5.15. The summed E-state index contributed by atoms with van der Waals surface area (Å²) in [6.07, 6.45) is 4.24. The van der Waals surface area contributed by atoms with Gasteiger partial charge < -0.3 is 9.47 Å². The van der Waals surface area contributed by atoms with Crippen LogP contribution in [0.5, 0.6) is 0 Å². The number of hydrazine groups is 1. The van der Waals surface area contributed by atoms with Crippen molar-refractivity contribution >= 4 is 6.09 Å². The average molecular weight is 200 g/mol. The first kappa shape index (κ1) is 9.73. The van der Waals surface area contributed by atoms with Gasteiger partial charge >= 0.3 is 6.09 Å². The molecule has 0 aromatic rings. The topological polar surface area (TPSA) is 50.8 Å². The Morgan fingerprint density at radius 3 is 2.86 bits per heavy atom. The number of rotatable bonds is 1. The van der Waals surface area contributed by atoms with Crippen molar-refractivity contribution in [1.29, 1.82) is 0 Å². The summed E-state index contributed by atoms with van der Waals surface area (Å²) in [5.41, 5.74) is 2.83. The van der Waals surface area contributed by atoms with Gasteiger partial charge in [0.25, 0.3) is 0 Å². The first-order valence-electron chi connectivity index (χ1n) is 5.15. The second kappa shape index (κ2) is 4.61. The second-order valence-corrected chi connectivity index (χ2v) is 3.65. The molecular weight excluding hydrogens is 184 g/mol. The number of carbonyl (C=O) groups is 1. The van der Waals surface area contributed by atoms with Crippen molar-refractivity contribution < 1.29 is 14.3 Å². The van der Waals surface area contributed by atoms with Gasteiger partial charge in [0.15, 0.2) is 0 Å². The highest BCUT2D eigenvalue weighted by atomic mass is 16.6. The summed E-state index contributed by atoms with van der Waals surface area (Å²) in [4.78, 5) is 11.5. The maximum absolute atomic E-state index is 11.5. The molecule has 1 saturated carbocycles. The van der Waals surface area contributed by atoms with E-state index in [0.29, 0.717) is 19.9 Å². The Kier molecular flexibility index (Phi) is 3.21. The number of amides is 1. The fraction of sp³-hybridized carbons (Fsp3) is 0.889. The summed E-state index contributed by atoms with van der Waals surface area (Å²) < 4.78 is 10.4. The number of ether oxygens (including phenoxy) is 2. The standard InChI is InChI=1S/C9H16N2O3/c12-9(11-5-6-13-7-10-11)14-8-3-1-2-4-8/h8,10H,1-7H2. The van der Waals surface area contributed by atoms with Gasteiger partial charge in [-0.05, 0) is 25.7 Å². The van der Waals surface area contributed by atoms with E-state index >= 15 is 0 Å². The number of hydrogen-bond acceptors (Lipinski definition) is 4. The lowest BCUT2D eigenvalue weighted by molar-refractivity contribution is -0.0272. The van der Waals surface area contributed by atoms with Crippen LogP contribution in [0.15, 0.2) is 0 Å². The SMILES string of the molecule is O=C(OC1CCCC1)N1CCOCN1. The van der Waals surface area contributed by atoms with Gasteiger partial charge in [-0.3, -0.25) is 0 Å². The molecular formula is C9H16N2O3. The van der Waals surface area contributed by atoms with Gasteiger partial charge in [0.05, 0.1) is 13.2 Å². The molecule has 0 bridgehead atoms. The fourth-order valence-electron chi connectivity index (χ4n) is 1.80. The third kappa shape index (κ3) is 2.36. The van der Waals surface area contributed by atoms with Gasteiger partial charge in [-0.15, -0.1) is 0 Å². The van der Waals surface area contributed by atoms with Crippen LogP contribution in [0.25, 0.3) is 0 Å². The molecule has 0 radical (unpaired) electrons. The fourth-order valence-corrected chi connectivity index (χ4v) is 1.80. The quantitative estimate of drug-likeness (QED) is 0.682. The Hall–Kier alpha value is -0.810. The maximum Gasteiger partial charge on any atom is 0.424 e. The van der Waals surface area contributed by atoms with Gasteiger partial charge in [-0.1, -0.05) is 0 Å². The van der Waals surface area contributed by atoms with E-state index in [-0.39, 0.29) is 12.2 Å². The molecule has 2 rings (SSSR count). The van der Waals surface area contributed by atoms with Crippen LogP contribution in [0, 0.1) is 0 Å². The lowest BCUT2D eigenvalue weighted by Gasteiger charge is -2.27. The second-order valence-electron chi connectivity index (χ2n) is 3.65. The molecule has 0 aromatic carbocycles. The monoisotopic (exact) mass is 200 g/mol. The Labute approximate surface area is 83.3 Å². The highest BCUT2D eigenvalue weighted by Gasteiger charge is 2.24. The van der Waals surface area contributed by atoms with Crippen molar-refractivity contribution in [3.8, 4) is 0 Å². The van der Waals surface area contributed by atoms with E-state index in [4.69, 9.17) is 9.47 Å². The zero-order valence-corrected chi connectivity index (χ0v) is 8.20. The van der Waals surface area contributed by atoms with E-state index in [9.17, 15) is 4.79 Å². The van der Waals surface area contributed by atoms with Crippen LogP contribution in [-0.4, -0.2) is 37.1 Å². The first-order chi connectivity index (χ1) is 6.86. The third-order valence-electron chi connectivity index (χ3n) is 2.61. The molecule has 1 heterocycles. The largest absolute Gasteiger partial charge is 0.445 e. The predicted octanol–water partition coefficient (Wildman–Crippen LogP) is 0.860. The molecule has 80 valence electrons. The van der Waals surface area contributed by atoms with Crippen molar-refractivity contribution in [2.24, 2.45) is 0 Å². The average Bonchev–Trinajstić information content (AvgIpc) is 2.72. The summed E-state index contributed by atoms with van der Waals surface area (Å²) >= 11 is 0. The molecule has 1 amide bonds. The minimum absolute atomic E-state index is 0.132. The summed E-state index contributed by atoms with van der Waals surface area (Å²) in [6.45, 7) is 1.53. The number of nitrogens with one attached hydrogen (secondary N) is 1. The van der Waals surface area contributed by atoms with Crippen LogP contribution < -0.4 is 5.43 Å². The summed E-state index contributed by atoms with van der Waals surface area (Å²) in [6, 6.07) is 0. The van der Waals surface area contributed by atoms with Crippen molar-refractivity contribution in [1.82, 2.24) is 10.4 Å². The molecule has 2 fully saturated rings. The zero-order valence-electron chi connectivity index (χ0n) is 8.20. The molecule has 5 nitrogen and oxygen atoms in total. The Bertz CT molecular complexity index is 198. The van der Waals surface area contributed by atoms with Crippen LogP contribution in [0.3, 0.4) is 0 Å². The molecule has 0 spiro atoms. The molecule has 0 unspecified atom stereocenters. The van der Waals surface area contributed by atoms with E-state index in [0.717, 1.165) is 12.8 Å². The lowest BCUT2D eigenvalue weighted by Crippen LogP contribution is -2.50. The predicted molar refractivity (Wildman–Crippen MR) is 49.4 cm³/mol. The summed E-state index contributed by atoms with van der Waals surface area (Å²) in [5, 5.41) is 1.49. The summed E-state index contributed by atoms with van der Waals surface area (Å²) in [7, 11) is 0. The molecule has 1 N–H and O–H groups in total. The van der Waals surface area contributed by atoms with Crippen molar-refractivity contribution in [3.63, 3.8) is 0 Å². The van der Waals surface area contributed by atoms with E-state index in [1.807, 2.05) is 0 Å². The van der Waals surface area contributed by atoms with Gasteiger partial charge in [0, 0.05) is 0 Å². The van der Waals surface area contributed by atoms with Crippen molar-refractivity contribution in [2.75, 3.05) is 19.9 Å². The van der Waals surface area contributed by atoms with Crippen LogP contribution in [0.2, 0.25) is 0 Å². The molecule has 0 aromatic heterocycles. The molecule has 2 aliphatic rings. The van der Waals surface area contributed by atoms with Crippen LogP contribution in [0.4, 0.5) is 4.79 Å². The summed E-state index contributed by atoms with van der Waals surface area (Å²) in [5.74, 6) is 0. The minimum atomic E-state index is -0.264. The zero-order chi connectivity index (χ0) is 9.80. The van der Waals surface area contributed by atoms with Crippen LogP contribution in [0.1, 0.15) is 25.7 Å². The molecule has 0 atom stereocenters. The lowest BCUT2D eigenvalue weighted by atomic mass is 10.3. The van der Waals surface area contributed by atoms with E-state index < -0.39 is 0 Å². The number of hydrogen-bond donors (Lipinski definition) is 1. The van der Waals surface area contributed by atoms with Gasteiger partial charge in [-0.2, -0.15) is 0 Å². The maximum atomic E-state index is 11.5. The molecule has 14 heavy (non-hydrogen) atoms. The smallest absolute Gasteiger partial charge is 0.424 e. The van der Waals surface area contributed by atoms with Crippen molar-refractivity contribution in [2.45, 2.75) is 31.8 Å². The highest BCUT2D eigenvalue weighted by molar-refractivity contribution is 5.67. The normalized spacial score (nSPS) is 23.9. The third-order valence-corrected chi connectivity index (χ3v) is 2.61. The van der Waals surface area contributed by atoms with E-state index in [2.05, 4.69) is 5.43 Å². The van der Waals surface area contributed by atoms with Gasteiger partial charge in [0.1, 0.15) is 12.8 Å². The molecule has 1 saturated heterocycles. The van der Waals surface area contributed by atoms with Crippen LogP contribution in [-0.2, 0) is 9.47 Å². The Balaban J connectivity index is 1.75. The highest BCUT2D eigenvalue weighted by Crippen LogP contribution is 2.21.